The van der Waals surface area contributed by atoms with E-state index in [1.165, 1.54) is 13.8 Å². The minimum absolute atomic E-state index is 0.0216. The number of aliphatic hydroxyl groups is 2. The van der Waals surface area contributed by atoms with Gasteiger partial charge < -0.3 is 37.4 Å². The molecule has 0 saturated heterocycles. The monoisotopic (exact) mass is 378 g/mol. The van der Waals surface area contributed by atoms with E-state index in [0.717, 1.165) is 11.3 Å². The summed E-state index contributed by atoms with van der Waals surface area (Å²) in [6.07, 6.45) is -1.23. The third-order valence-electron chi connectivity index (χ3n) is 2.43. The second kappa shape index (κ2) is 11.2. The van der Waals surface area contributed by atoms with Crippen molar-refractivity contribution < 1.29 is 29.7 Å². The average molecular weight is 378 g/mol. The molecule has 3 atom stereocenters. The van der Waals surface area contributed by atoms with Gasteiger partial charge >= 0.3 is 12.0 Å². The van der Waals surface area contributed by atoms with Gasteiger partial charge in [0.15, 0.2) is 6.04 Å². The topological polar surface area (TPSA) is 214 Å². The lowest BCUT2D eigenvalue weighted by Gasteiger charge is -2.17. The Bertz CT molecular complexity index is 576. The van der Waals surface area contributed by atoms with Crippen LogP contribution in [0.2, 0.25) is 0 Å². The molecule has 1 rings (SSSR count). The normalized spacial score (nSPS) is 13.6. The summed E-state index contributed by atoms with van der Waals surface area (Å²) in [4.78, 5) is 31.6. The van der Waals surface area contributed by atoms with Gasteiger partial charge in [0.1, 0.15) is 10.0 Å². The molecule has 0 saturated carbocycles. The lowest BCUT2D eigenvalue weighted by Crippen LogP contribution is -2.50. The molecule has 0 aliphatic heterocycles. The van der Waals surface area contributed by atoms with Crippen molar-refractivity contribution in [3.05, 3.63) is 10.0 Å². The average Bonchev–Trinajstić information content (AvgIpc) is 2.97. The molecule has 3 amide bonds. The summed E-state index contributed by atoms with van der Waals surface area (Å²) in [7, 11) is 0. The summed E-state index contributed by atoms with van der Waals surface area (Å²) in [5.41, 5.74) is 10.0. The van der Waals surface area contributed by atoms with Crippen LogP contribution in [0, 0.1) is 0 Å². The highest BCUT2D eigenvalue weighted by molar-refractivity contribution is 7.11. The maximum absolute atomic E-state index is 11.5. The molecule has 1 aromatic heterocycles. The Morgan fingerprint density at radius 2 is 1.88 bits per heavy atom. The predicted molar refractivity (Wildman–Crippen MR) is 87.3 cm³/mol. The molecule has 1 heterocycles. The highest BCUT2D eigenvalue weighted by Crippen LogP contribution is 2.15. The number of aliphatic carboxylic acids is 1. The zero-order valence-electron chi connectivity index (χ0n) is 13.7. The lowest BCUT2D eigenvalue weighted by molar-refractivity contribution is -0.141. The van der Waals surface area contributed by atoms with Crippen LogP contribution < -0.4 is 22.1 Å². The van der Waals surface area contributed by atoms with E-state index in [9.17, 15) is 19.5 Å². The van der Waals surface area contributed by atoms with Crippen LogP contribution in [0.25, 0.3) is 0 Å². The molecule has 25 heavy (non-hydrogen) atoms. The summed E-state index contributed by atoms with van der Waals surface area (Å²) >= 11 is 1.12. The Morgan fingerprint density at radius 3 is 2.32 bits per heavy atom. The molecular weight excluding hydrogens is 356 g/mol. The summed E-state index contributed by atoms with van der Waals surface area (Å²) in [5.74, 6) is -1.67. The fourth-order valence-corrected chi connectivity index (χ4v) is 2.08. The number of hydrogen-bond donors (Lipinski definition) is 7. The van der Waals surface area contributed by atoms with Gasteiger partial charge in [0.2, 0.25) is 5.91 Å². The van der Waals surface area contributed by atoms with Gasteiger partial charge in [0, 0.05) is 6.92 Å². The van der Waals surface area contributed by atoms with Gasteiger partial charge in [-0.1, -0.05) is 11.3 Å². The van der Waals surface area contributed by atoms with E-state index in [1.54, 1.807) is 0 Å². The Hall–Kier alpha value is -2.35. The van der Waals surface area contributed by atoms with Crippen LogP contribution in [0.4, 0.5) is 4.79 Å². The van der Waals surface area contributed by atoms with Crippen LogP contribution in [0.15, 0.2) is 0 Å². The SMILES string of the molecule is CC(N)=O.CC(O)C(NC(=O)NCc1nnc(C(N)CO)s1)C(=O)O. The van der Waals surface area contributed by atoms with E-state index in [2.05, 4.69) is 26.6 Å². The number of aromatic nitrogens is 2. The lowest BCUT2D eigenvalue weighted by atomic mass is 10.2. The number of primary amides is 1. The van der Waals surface area contributed by atoms with E-state index in [-0.39, 0.29) is 19.1 Å². The number of carbonyl (C=O) groups excluding carboxylic acids is 2. The van der Waals surface area contributed by atoms with Gasteiger partial charge in [-0.3, -0.25) is 4.79 Å². The van der Waals surface area contributed by atoms with Gasteiger partial charge in [-0.2, -0.15) is 0 Å². The molecule has 0 fully saturated rings. The highest BCUT2D eigenvalue weighted by Gasteiger charge is 2.24. The van der Waals surface area contributed by atoms with Gasteiger partial charge in [-0.15, -0.1) is 10.2 Å². The largest absolute Gasteiger partial charge is 0.480 e. The van der Waals surface area contributed by atoms with Crippen molar-refractivity contribution in [1.29, 1.82) is 0 Å². The first-order valence-electron chi connectivity index (χ1n) is 6.98. The van der Waals surface area contributed by atoms with Crippen LogP contribution in [0.5, 0.6) is 0 Å². The van der Waals surface area contributed by atoms with E-state index in [4.69, 9.17) is 15.9 Å². The Kier molecular flexibility index (Phi) is 10.2. The molecule has 0 aliphatic rings. The number of nitrogens with two attached hydrogens (primary N) is 2. The molecule has 0 aromatic carbocycles. The molecular formula is C12H22N6O6S. The zero-order chi connectivity index (χ0) is 19.6. The number of amides is 3. The van der Waals surface area contributed by atoms with E-state index in [1.807, 2.05) is 0 Å². The summed E-state index contributed by atoms with van der Waals surface area (Å²) < 4.78 is 0. The van der Waals surface area contributed by atoms with Gasteiger partial charge in [0.25, 0.3) is 0 Å². The third-order valence-corrected chi connectivity index (χ3v) is 3.49. The standard InChI is InChI=1S/C10H17N5O5S.C2H5NO/c1-4(17)7(9(18)19)13-10(20)12-2-6-14-15-8(21-6)5(11)3-16;1-2(3)4/h4-5,7,16-17H,2-3,11H2,1H3,(H,18,19)(H2,12,13,20);1H3,(H2,3,4). The number of carboxylic acids is 1. The molecule has 1 aromatic rings. The zero-order valence-corrected chi connectivity index (χ0v) is 14.5. The van der Waals surface area contributed by atoms with Crippen molar-refractivity contribution in [2.24, 2.45) is 11.5 Å². The number of carboxylic acid groups (broad SMARTS) is 1. The maximum Gasteiger partial charge on any atom is 0.328 e. The molecule has 13 heteroatoms. The fourth-order valence-electron chi connectivity index (χ4n) is 1.30. The van der Waals surface area contributed by atoms with Crippen molar-refractivity contribution in [1.82, 2.24) is 20.8 Å². The number of hydrogen-bond acceptors (Lipinski definition) is 9. The molecule has 0 spiro atoms. The van der Waals surface area contributed by atoms with E-state index in [0.29, 0.717) is 10.0 Å². The first-order valence-corrected chi connectivity index (χ1v) is 7.80. The van der Waals surface area contributed by atoms with E-state index < -0.39 is 30.2 Å². The van der Waals surface area contributed by atoms with Crippen molar-refractivity contribution in [3.8, 4) is 0 Å². The molecule has 0 aliphatic carbocycles. The summed E-state index contributed by atoms with van der Waals surface area (Å²) in [6.45, 7) is 2.32. The smallest absolute Gasteiger partial charge is 0.328 e. The summed E-state index contributed by atoms with van der Waals surface area (Å²) in [5, 5.41) is 39.8. The first-order chi connectivity index (χ1) is 11.6. The Labute approximate surface area is 147 Å². The maximum atomic E-state index is 11.5. The number of urea groups is 1. The van der Waals surface area contributed by atoms with Crippen LogP contribution in [-0.2, 0) is 16.1 Å². The molecule has 3 unspecified atom stereocenters. The molecule has 142 valence electrons. The van der Waals surface area contributed by atoms with Crippen molar-refractivity contribution in [2.75, 3.05) is 6.61 Å². The van der Waals surface area contributed by atoms with Crippen molar-refractivity contribution in [2.45, 2.75) is 38.6 Å². The predicted octanol–water partition coefficient (Wildman–Crippen LogP) is -2.34. The summed E-state index contributed by atoms with van der Waals surface area (Å²) in [6, 6.07) is -2.79. The van der Waals surface area contributed by atoms with Crippen LogP contribution in [0.1, 0.15) is 29.9 Å². The van der Waals surface area contributed by atoms with Crippen molar-refractivity contribution in [3.63, 3.8) is 0 Å². The fraction of sp³-hybridized carbons (Fsp3) is 0.583. The number of rotatable bonds is 7. The van der Waals surface area contributed by atoms with E-state index >= 15 is 0 Å². The number of carbonyl (C=O) groups is 3. The highest BCUT2D eigenvalue weighted by atomic mass is 32.1. The minimum Gasteiger partial charge on any atom is -0.480 e. The number of nitrogens with zero attached hydrogens (tertiary/aromatic N) is 2. The number of aliphatic hydroxyl groups excluding tert-OH is 2. The third kappa shape index (κ3) is 9.51. The van der Waals surface area contributed by atoms with Crippen LogP contribution in [-0.4, -0.2) is 62.2 Å². The van der Waals surface area contributed by atoms with Crippen molar-refractivity contribution >= 4 is 29.2 Å². The Morgan fingerprint density at radius 1 is 1.32 bits per heavy atom. The number of nitrogens with one attached hydrogen (secondary N) is 2. The quantitative estimate of drug-likeness (QED) is 0.270. The second-order valence-corrected chi connectivity index (χ2v) is 5.91. The van der Waals surface area contributed by atoms with Gasteiger partial charge in [-0.05, 0) is 6.92 Å². The van der Waals surface area contributed by atoms with Crippen LogP contribution >= 0.6 is 11.3 Å². The minimum atomic E-state index is -1.40. The van der Waals surface area contributed by atoms with Gasteiger partial charge in [0.05, 0.1) is 25.3 Å². The first kappa shape index (κ1) is 22.6. The molecule has 12 nitrogen and oxygen atoms in total. The van der Waals surface area contributed by atoms with Crippen LogP contribution in [0.3, 0.4) is 0 Å². The molecule has 9 N–H and O–H groups in total. The molecule has 0 bridgehead atoms. The Balaban J connectivity index is 0.00000129. The van der Waals surface area contributed by atoms with Gasteiger partial charge in [-0.25, -0.2) is 9.59 Å². The second-order valence-electron chi connectivity index (χ2n) is 4.82. The molecule has 0 radical (unpaired) electrons.